The van der Waals surface area contributed by atoms with Crippen molar-refractivity contribution < 1.29 is 19.1 Å². The first-order valence-corrected chi connectivity index (χ1v) is 11.1. The van der Waals surface area contributed by atoms with Gasteiger partial charge in [-0.1, -0.05) is 60.7 Å². The molecule has 1 saturated heterocycles. The van der Waals surface area contributed by atoms with Crippen LogP contribution in [-0.4, -0.2) is 40.9 Å². The smallest absolute Gasteiger partial charge is 0.339 e. The minimum atomic E-state index is -0.685. The molecule has 0 radical (unpaired) electrons. The zero-order valence-corrected chi connectivity index (χ0v) is 18.4. The van der Waals surface area contributed by atoms with E-state index in [9.17, 15) is 14.4 Å². The van der Waals surface area contributed by atoms with E-state index >= 15 is 0 Å². The van der Waals surface area contributed by atoms with Crippen LogP contribution in [0, 0.1) is 0 Å². The Labute approximate surface area is 195 Å². The Morgan fingerprint density at radius 3 is 2.44 bits per heavy atom. The number of H-pyrrole nitrogens is 1. The minimum Gasteiger partial charge on any atom is -0.465 e. The van der Waals surface area contributed by atoms with Crippen LogP contribution in [0.15, 0.2) is 78.9 Å². The lowest BCUT2D eigenvalue weighted by molar-refractivity contribution is -0.120. The van der Waals surface area contributed by atoms with Crippen LogP contribution in [0.5, 0.6) is 0 Å². The topological polar surface area (TPSA) is 82.7 Å². The van der Waals surface area contributed by atoms with Crippen LogP contribution >= 0.6 is 0 Å². The molecule has 34 heavy (non-hydrogen) atoms. The first-order chi connectivity index (χ1) is 16.6. The van der Waals surface area contributed by atoms with Gasteiger partial charge in [0.25, 0.3) is 5.91 Å². The monoisotopic (exact) mass is 451 g/mol. The molecule has 7 nitrogen and oxygen atoms in total. The van der Waals surface area contributed by atoms with E-state index in [-0.39, 0.29) is 17.2 Å². The summed E-state index contributed by atoms with van der Waals surface area (Å²) in [5.74, 6) is -0.949. The average molecular weight is 451 g/mol. The zero-order valence-electron chi connectivity index (χ0n) is 18.4. The van der Waals surface area contributed by atoms with Crippen molar-refractivity contribution in [3.05, 3.63) is 101 Å². The van der Waals surface area contributed by atoms with Crippen LogP contribution in [0.25, 0.3) is 10.9 Å². The number of benzene rings is 3. The number of hydrogen-bond donors (Lipinski definition) is 1. The third-order valence-electron chi connectivity index (χ3n) is 6.71. The van der Waals surface area contributed by atoms with Crippen LogP contribution < -0.4 is 4.90 Å². The predicted molar refractivity (Wildman–Crippen MR) is 127 cm³/mol. The molecule has 2 aliphatic heterocycles. The van der Waals surface area contributed by atoms with E-state index in [2.05, 4.69) is 4.98 Å². The summed E-state index contributed by atoms with van der Waals surface area (Å²) in [5.41, 5.74) is 4.24. The number of anilines is 1. The van der Waals surface area contributed by atoms with E-state index in [0.717, 1.165) is 32.6 Å². The number of ether oxygens (including phenoxy) is 1. The SMILES string of the molecule is COC(=O)c1ccccc1N1C(=O)[C@@H]2Cc3c([nH]c4ccccc34)[C@@H](c3ccccc3)N2C1=O. The van der Waals surface area contributed by atoms with Crippen LogP contribution in [0.1, 0.15) is 33.2 Å². The summed E-state index contributed by atoms with van der Waals surface area (Å²) in [6, 6.07) is 22.6. The summed E-state index contributed by atoms with van der Waals surface area (Å²) < 4.78 is 4.90. The summed E-state index contributed by atoms with van der Waals surface area (Å²) >= 11 is 0. The average Bonchev–Trinajstić information content (AvgIpc) is 3.37. The number of rotatable bonds is 3. The second-order valence-corrected chi connectivity index (χ2v) is 8.47. The number of esters is 1. The summed E-state index contributed by atoms with van der Waals surface area (Å²) in [7, 11) is 1.28. The number of fused-ring (bicyclic) bond motifs is 4. The van der Waals surface area contributed by atoms with E-state index in [0.29, 0.717) is 6.42 Å². The zero-order chi connectivity index (χ0) is 23.4. The molecular formula is C27H21N3O4. The van der Waals surface area contributed by atoms with Gasteiger partial charge in [0.1, 0.15) is 12.1 Å². The molecule has 2 aliphatic rings. The molecule has 7 heteroatoms. The molecule has 0 spiro atoms. The van der Waals surface area contributed by atoms with Crippen molar-refractivity contribution in [2.24, 2.45) is 0 Å². The van der Waals surface area contributed by atoms with E-state index in [1.165, 1.54) is 7.11 Å². The van der Waals surface area contributed by atoms with Crippen molar-refractivity contribution in [3.8, 4) is 0 Å². The van der Waals surface area contributed by atoms with Gasteiger partial charge < -0.3 is 9.72 Å². The highest BCUT2D eigenvalue weighted by Gasteiger charge is 2.53. The van der Waals surface area contributed by atoms with Crippen molar-refractivity contribution in [3.63, 3.8) is 0 Å². The van der Waals surface area contributed by atoms with Gasteiger partial charge in [0.15, 0.2) is 0 Å². The Morgan fingerprint density at radius 1 is 0.941 bits per heavy atom. The van der Waals surface area contributed by atoms with Gasteiger partial charge in [-0.2, -0.15) is 0 Å². The second kappa shape index (κ2) is 7.59. The molecule has 0 saturated carbocycles. The van der Waals surface area contributed by atoms with Crippen LogP contribution in [0.4, 0.5) is 10.5 Å². The summed E-state index contributed by atoms with van der Waals surface area (Å²) in [6.07, 6.45) is 0.393. The number of methoxy groups -OCH3 is 1. The van der Waals surface area contributed by atoms with Gasteiger partial charge in [-0.3, -0.25) is 9.69 Å². The van der Waals surface area contributed by atoms with Crippen molar-refractivity contribution in [1.29, 1.82) is 0 Å². The van der Waals surface area contributed by atoms with Gasteiger partial charge in [-0.05, 0) is 29.3 Å². The van der Waals surface area contributed by atoms with Crippen molar-refractivity contribution in [1.82, 2.24) is 9.88 Å². The lowest BCUT2D eigenvalue weighted by Gasteiger charge is -2.36. The fraction of sp³-hybridized carbons (Fsp3) is 0.148. The Kier molecular flexibility index (Phi) is 4.52. The normalized spacial score (nSPS) is 19.3. The molecule has 1 N–H and O–H groups in total. The number of carbonyl (C=O) groups excluding carboxylic acids is 3. The largest absolute Gasteiger partial charge is 0.465 e. The number of aromatic nitrogens is 1. The number of nitrogens with zero attached hydrogens (tertiary/aromatic N) is 2. The standard InChI is InChI=1S/C27H21N3O4/c1-34-26(32)18-12-6-8-14-21(18)30-25(31)22-15-19-17-11-5-7-13-20(17)28-23(19)24(29(22)27(30)33)16-9-3-2-4-10-16/h2-14,22,24,28H,15H2,1H3/t22-,24+/m0/s1. The molecule has 0 bridgehead atoms. The Bertz CT molecular complexity index is 1460. The van der Waals surface area contributed by atoms with E-state index in [1.807, 2.05) is 54.6 Å². The van der Waals surface area contributed by atoms with Gasteiger partial charge in [0, 0.05) is 23.0 Å². The lowest BCUT2D eigenvalue weighted by atomic mass is 9.89. The number of urea groups is 1. The van der Waals surface area contributed by atoms with Gasteiger partial charge in [-0.15, -0.1) is 0 Å². The molecule has 4 aromatic rings. The highest BCUT2D eigenvalue weighted by atomic mass is 16.5. The molecule has 3 heterocycles. The van der Waals surface area contributed by atoms with Gasteiger partial charge in [0.05, 0.1) is 18.4 Å². The molecule has 2 atom stereocenters. The fourth-order valence-corrected chi connectivity index (χ4v) is 5.23. The van der Waals surface area contributed by atoms with Crippen LogP contribution in [0.2, 0.25) is 0 Å². The first kappa shape index (κ1) is 20.2. The molecule has 168 valence electrons. The predicted octanol–water partition coefficient (Wildman–Crippen LogP) is 4.44. The van der Waals surface area contributed by atoms with Crippen molar-refractivity contribution >= 4 is 34.5 Å². The number of para-hydroxylation sites is 2. The quantitative estimate of drug-likeness (QED) is 0.369. The van der Waals surface area contributed by atoms with Crippen LogP contribution in [-0.2, 0) is 16.0 Å². The highest BCUT2D eigenvalue weighted by Crippen LogP contribution is 2.45. The highest BCUT2D eigenvalue weighted by molar-refractivity contribution is 6.23. The first-order valence-electron chi connectivity index (χ1n) is 11.1. The molecule has 3 aromatic carbocycles. The minimum absolute atomic E-state index is 0.173. The number of nitrogens with one attached hydrogen (secondary N) is 1. The lowest BCUT2D eigenvalue weighted by Crippen LogP contribution is -2.44. The number of imide groups is 1. The molecule has 0 unspecified atom stereocenters. The van der Waals surface area contributed by atoms with Crippen molar-refractivity contribution in [2.75, 3.05) is 12.0 Å². The third kappa shape index (κ3) is 2.80. The third-order valence-corrected chi connectivity index (χ3v) is 6.71. The maximum Gasteiger partial charge on any atom is 0.339 e. The molecule has 0 aliphatic carbocycles. The summed E-state index contributed by atoms with van der Waals surface area (Å²) in [5, 5.41) is 1.05. The Balaban J connectivity index is 1.54. The Hall–Kier alpha value is -4.39. The number of aromatic amines is 1. The number of carbonyl (C=O) groups is 3. The van der Waals surface area contributed by atoms with Gasteiger partial charge >= 0.3 is 12.0 Å². The van der Waals surface area contributed by atoms with E-state index in [1.54, 1.807) is 29.2 Å². The van der Waals surface area contributed by atoms with Crippen LogP contribution in [0.3, 0.4) is 0 Å². The van der Waals surface area contributed by atoms with E-state index < -0.39 is 24.1 Å². The summed E-state index contributed by atoms with van der Waals surface area (Å²) in [6.45, 7) is 0. The fourth-order valence-electron chi connectivity index (χ4n) is 5.23. The maximum atomic E-state index is 13.9. The second-order valence-electron chi connectivity index (χ2n) is 8.47. The molecule has 6 rings (SSSR count). The molecule has 1 fully saturated rings. The Morgan fingerprint density at radius 2 is 1.65 bits per heavy atom. The molecular weight excluding hydrogens is 430 g/mol. The van der Waals surface area contributed by atoms with Gasteiger partial charge in [0.2, 0.25) is 0 Å². The van der Waals surface area contributed by atoms with Gasteiger partial charge in [-0.25, -0.2) is 14.5 Å². The summed E-state index contributed by atoms with van der Waals surface area (Å²) in [4.78, 5) is 46.3. The molecule has 1 aromatic heterocycles. The van der Waals surface area contributed by atoms with Crippen molar-refractivity contribution in [2.45, 2.75) is 18.5 Å². The maximum absolute atomic E-state index is 13.9. The molecule has 3 amide bonds. The number of hydrogen-bond acceptors (Lipinski definition) is 4. The number of amides is 3. The van der Waals surface area contributed by atoms with E-state index in [4.69, 9.17) is 4.74 Å².